The Labute approximate surface area is 123 Å². The molecule has 0 amide bonds. The Bertz CT molecular complexity index is 694. The van der Waals surface area contributed by atoms with Crippen LogP contribution in [0.4, 0.5) is 10.7 Å². The van der Waals surface area contributed by atoms with Gasteiger partial charge in [-0.3, -0.25) is 0 Å². The lowest BCUT2D eigenvalue weighted by atomic mass is 10.2. The fraction of sp³-hybridized carbons (Fsp3) is 0.0769. The topological polar surface area (TPSA) is 85.6 Å². The summed E-state index contributed by atoms with van der Waals surface area (Å²) >= 11 is 4.66. The summed E-state index contributed by atoms with van der Waals surface area (Å²) in [6, 6.07) is 11.8. The number of anilines is 2. The summed E-state index contributed by atoms with van der Waals surface area (Å²) in [5, 5.41) is 21.8. The Morgan fingerprint density at radius 2 is 2.00 bits per heavy atom. The standard InChI is InChI=1S/C13H9BrN4S/c14-10-4-2-1-3-8(10)7-18-13-9(5-15)12(17)11(6-16)19-13/h1-4,18H,7,17H2. The highest BCUT2D eigenvalue weighted by Crippen LogP contribution is 2.35. The second-order valence-electron chi connectivity index (χ2n) is 3.72. The lowest BCUT2D eigenvalue weighted by Gasteiger charge is -2.06. The third-order valence-corrected chi connectivity index (χ3v) is 4.40. The van der Waals surface area contributed by atoms with Crippen molar-refractivity contribution in [2.75, 3.05) is 11.1 Å². The van der Waals surface area contributed by atoms with E-state index in [1.54, 1.807) is 0 Å². The van der Waals surface area contributed by atoms with Crippen LogP contribution in [0.1, 0.15) is 16.0 Å². The number of nitriles is 2. The minimum absolute atomic E-state index is 0.254. The maximum atomic E-state index is 9.08. The zero-order valence-corrected chi connectivity index (χ0v) is 12.2. The van der Waals surface area contributed by atoms with E-state index in [0.29, 0.717) is 22.0 Å². The molecule has 0 spiro atoms. The van der Waals surface area contributed by atoms with E-state index in [-0.39, 0.29) is 5.69 Å². The first-order valence-electron chi connectivity index (χ1n) is 5.37. The van der Waals surface area contributed by atoms with Crippen LogP contribution in [0.25, 0.3) is 0 Å². The van der Waals surface area contributed by atoms with Gasteiger partial charge >= 0.3 is 0 Å². The average Bonchev–Trinajstić information content (AvgIpc) is 2.73. The number of hydrogen-bond donors (Lipinski definition) is 2. The fourth-order valence-corrected chi connectivity index (χ4v) is 2.87. The molecule has 0 fully saturated rings. The molecular formula is C13H9BrN4S. The first-order chi connectivity index (χ1) is 9.17. The first-order valence-corrected chi connectivity index (χ1v) is 6.98. The number of nitrogens with zero attached hydrogens (tertiary/aromatic N) is 2. The van der Waals surface area contributed by atoms with Gasteiger partial charge in [0.1, 0.15) is 27.6 Å². The van der Waals surface area contributed by atoms with Crippen molar-refractivity contribution < 1.29 is 0 Å². The molecular weight excluding hydrogens is 324 g/mol. The maximum absolute atomic E-state index is 9.08. The Morgan fingerprint density at radius 1 is 1.26 bits per heavy atom. The molecule has 0 saturated carbocycles. The van der Waals surface area contributed by atoms with Crippen LogP contribution in [-0.4, -0.2) is 0 Å². The van der Waals surface area contributed by atoms with Crippen LogP contribution in [-0.2, 0) is 6.54 Å². The van der Waals surface area contributed by atoms with Crippen LogP contribution >= 0.6 is 27.3 Å². The summed E-state index contributed by atoms with van der Waals surface area (Å²) in [5.74, 6) is 0. The van der Waals surface area contributed by atoms with Gasteiger partial charge < -0.3 is 11.1 Å². The highest BCUT2D eigenvalue weighted by atomic mass is 79.9. The van der Waals surface area contributed by atoms with Crippen molar-refractivity contribution in [1.29, 1.82) is 10.5 Å². The Hall–Kier alpha value is -2.02. The predicted molar refractivity (Wildman–Crippen MR) is 79.6 cm³/mol. The van der Waals surface area contributed by atoms with Crippen LogP contribution in [0.15, 0.2) is 28.7 Å². The zero-order chi connectivity index (χ0) is 13.8. The number of nitrogens with one attached hydrogen (secondary N) is 1. The van der Waals surface area contributed by atoms with Crippen molar-refractivity contribution in [3.8, 4) is 12.1 Å². The number of nitrogen functional groups attached to an aromatic ring is 1. The van der Waals surface area contributed by atoms with Crippen molar-refractivity contribution in [1.82, 2.24) is 0 Å². The van der Waals surface area contributed by atoms with Crippen LogP contribution in [0.2, 0.25) is 0 Å². The molecule has 6 heteroatoms. The molecule has 19 heavy (non-hydrogen) atoms. The predicted octanol–water partition coefficient (Wildman–Crippen LogP) is 3.45. The SMILES string of the molecule is N#Cc1sc(NCc2ccccc2Br)c(C#N)c1N. The van der Waals surface area contributed by atoms with E-state index in [0.717, 1.165) is 10.0 Å². The zero-order valence-electron chi connectivity index (χ0n) is 9.77. The van der Waals surface area contributed by atoms with E-state index in [1.807, 2.05) is 36.4 Å². The summed E-state index contributed by atoms with van der Waals surface area (Å²) in [4.78, 5) is 0.367. The van der Waals surface area contributed by atoms with Gasteiger partial charge in [0, 0.05) is 11.0 Å². The van der Waals surface area contributed by atoms with E-state index in [4.69, 9.17) is 16.3 Å². The Morgan fingerprint density at radius 3 is 2.63 bits per heavy atom. The molecule has 1 aromatic heterocycles. The summed E-state index contributed by atoms with van der Waals surface area (Å²) in [5.41, 5.74) is 7.40. The van der Waals surface area contributed by atoms with Crippen LogP contribution in [0.3, 0.4) is 0 Å². The van der Waals surface area contributed by atoms with Gasteiger partial charge in [0.05, 0.1) is 5.69 Å². The van der Waals surface area contributed by atoms with E-state index in [1.165, 1.54) is 11.3 Å². The molecule has 1 aromatic carbocycles. The van der Waals surface area contributed by atoms with Gasteiger partial charge in [-0.25, -0.2) is 0 Å². The molecule has 2 rings (SSSR count). The molecule has 1 heterocycles. The van der Waals surface area contributed by atoms with Gasteiger partial charge in [-0.15, -0.1) is 11.3 Å². The second kappa shape index (κ2) is 5.75. The molecule has 4 nitrogen and oxygen atoms in total. The number of halogens is 1. The largest absolute Gasteiger partial charge is 0.396 e. The van der Waals surface area contributed by atoms with E-state index in [2.05, 4.69) is 21.2 Å². The minimum Gasteiger partial charge on any atom is -0.396 e. The highest BCUT2D eigenvalue weighted by Gasteiger charge is 2.15. The van der Waals surface area contributed by atoms with Gasteiger partial charge in [0.25, 0.3) is 0 Å². The Kier molecular flexibility index (Phi) is 4.06. The number of hydrogen-bond acceptors (Lipinski definition) is 5. The lowest BCUT2D eigenvalue weighted by molar-refractivity contribution is 1.15. The Balaban J connectivity index is 2.24. The molecule has 0 saturated heterocycles. The molecule has 0 aliphatic rings. The van der Waals surface area contributed by atoms with Crippen molar-refractivity contribution in [3.63, 3.8) is 0 Å². The van der Waals surface area contributed by atoms with Gasteiger partial charge in [-0.1, -0.05) is 34.1 Å². The summed E-state index contributed by atoms with van der Waals surface area (Å²) in [6.07, 6.45) is 0. The maximum Gasteiger partial charge on any atom is 0.131 e. The van der Waals surface area contributed by atoms with Crippen molar-refractivity contribution in [2.24, 2.45) is 0 Å². The van der Waals surface area contributed by atoms with Crippen molar-refractivity contribution in [2.45, 2.75) is 6.54 Å². The quantitative estimate of drug-likeness (QED) is 0.901. The van der Waals surface area contributed by atoms with Gasteiger partial charge in [0.2, 0.25) is 0 Å². The molecule has 0 aliphatic carbocycles. The number of thiophene rings is 1. The number of rotatable bonds is 3. The molecule has 0 aliphatic heterocycles. The van der Waals surface area contributed by atoms with E-state index >= 15 is 0 Å². The van der Waals surface area contributed by atoms with Crippen LogP contribution in [0.5, 0.6) is 0 Å². The normalized spacial score (nSPS) is 9.63. The lowest BCUT2D eigenvalue weighted by Crippen LogP contribution is -2.00. The monoisotopic (exact) mass is 332 g/mol. The van der Waals surface area contributed by atoms with Crippen molar-refractivity contribution in [3.05, 3.63) is 44.7 Å². The smallest absolute Gasteiger partial charge is 0.131 e. The van der Waals surface area contributed by atoms with E-state index < -0.39 is 0 Å². The second-order valence-corrected chi connectivity index (χ2v) is 5.59. The third kappa shape index (κ3) is 2.70. The summed E-state index contributed by atoms with van der Waals surface area (Å²) < 4.78 is 0.992. The van der Waals surface area contributed by atoms with Gasteiger partial charge in [-0.2, -0.15) is 10.5 Å². The average molecular weight is 333 g/mol. The van der Waals surface area contributed by atoms with Gasteiger partial charge in [0.15, 0.2) is 0 Å². The van der Waals surface area contributed by atoms with Crippen LogP contribution in [0, 0.1) is 22.7 Å². The summed E-state index contributed by atoms with van der Waals surface area (Å²) in [6.45, 7) is 0.556. The molecule has 0 bridgehead atoms. The molecule has 3 N–H and O–H groups in total. The molecule has 0 atom stereocenters. The molecule has 0 radical (unpaired) electrons. The minimum atomic E-state index is 0.254. The van der Waals surface area contributed by atoms with Crippen molar-refractivity contribution >= 4 is 38.0 Å². The molecule has 94 valence electrons. The third-order valence-electron chi connectivity index (χ3n) is 2.56. The van der Waals surface area contributed by atoms with E-state index in [9.17, 15) is 0 Å². The van der Waals surface area contributed by atoms with Gasteiger partial charge in [-0.05, 0) is 11.6 Å². The molecule has 2 aromatic rings. The fourth-order valence-electron chi connectivity index (χ4n) is 1.58. The number of nitrogens with two attached hydrogens (primary N) is 1. The highest BCUT2D eigenvalue weighted by molar-refractivity contribution is 9.10. The first kappa shape index (κ1) is 13.4. The number of benzene rings is 1. The van der Waals surface area contributed by atoms with Crippen LogP contribution < -0.4 is 11.1 Å². The summed E-state index contributed by atoms with van der Waals surface area (Å²) in [7, 11) is 0. The molecule has 0 unspecified atom stereocenters.